The standard InChI is InChI=1S/C19H30N4O/c1-11-17(12(2)22-21-11)16-7-4-8-23(16)19(24)15-9-13-5-3-6-14(10-15)18(13)20/h13-16,18H,3-10,20H2,1-2H3,(H,21,22). The van der Waals surface area contributed by atoms with Crippen LogP contribution in [-0.2, 0) is 4.79 Å². The second-order valence-corrected chi connectivity index (χ2v) is 8.23. The van der Waals surface area contributed by atoms with Gasteiger partial charge >= 0.3 is 0 Å². The quantitative estimate of drug-likeness (QED) is 0.875. The van der Waals surface area contributed by atoms with Crippen LogP contribution < -0.4 is 5.73 Å². The third-order valence-electron chi connectivity index (χ3n) is 6.82. The second-order valence-electron chi connectivity index (χ2n) is 8.23. The van der Waals surface area contributed by atoms with E-state index >= 15 is 0 Å². The molecule has 3 aliphatic rings. The molecule has 4 rings (SSSR count). The molecule has 0 radical (unpaired) electrons. The Morgan fingerprint density at radius 3 is 2.50 bits per heavy atom. The number of hydrogen-bond donors (Lipinski definition) is 2. The average molecular weight is 330 g/mol. The Morgan fingerprint density at radius 2 is 1.88 bits per heavy atom. The molecule has 3 fully saturated rings. The molecule has 2 heterocycles. The van der Waals surface area contributed by atoms with Crippen LogP contribution in [-0.4, -0.2) is 33.6 Å². The number of carbonyl (C=O) groups excluding carboxylic acids is 1. The number of carbonyl (C=O) groups is 1. The maximum Gasteiger partial charge on any atom is 0.226 e. The third kappa shape index (κ3) is 2.57. The van der Waals surface area contributed by atoms with Crippen molar-refractivity contribution >= 4 is 5.91 Å². The van der Waals surface area contributed by atoms with Gasteiger partial charge in [-0.1, -0.05) is 6.42 Å². The lowest BCUT2D eigenvalue weighted by Crippen LogP contribution is -2.49. The van der Waals surface area contributed by atoms with E-state index in [1.807, 2.05) is 6.92 Å². The number of aromatic nitrogens is 2. The van der Waals surface area contributed by atoms with Crippen LogP contribution in [0.3, 0.4) is 0 Å². The Bertz CT molecular complexity index is 591. The maximum absolute atomic E-state index is 13.3. The molecule has 24 heavy (non-hydrogen) atoms. The first-order valence-corrected chi connectivity index (χ1v) is 9.63. The molecule has 3 atom stereocenters. The molecule has 1 aromatic heterocycles. The van der Waals surface area contributed by atoms with Crippen LogP contribution in [0.25, 0.3) is 0 Å². The summed E-state index contributed by atoms with van der Waals surface area (Å²) in [5, 5.41) is 7.43. The van der Waals surface area contributed by atoms with Crippen LogP contribution in [0, 0.1) is 31.6 Å². The molecule has 0 spiro atoms. The van der Waals surface area contributed by atoms with E-state index in [9.17, 15) is 4.79 Å². The van der Waals surface area contributed by atoms with Gasteiger partial charge in [-0.05, 0) is 64.2 Å². The van der Waals surface area contributed by atoms with Crippen LogP contribution >= 0.6 is 0 Å². The van der Waals surface area contributed by atoms with Crippen molar-refractivity contribution in [3.8, 4) is 0 Å². The van der Waals surface area contributed by atoms with Crippen LogP contribution in [0.2, 0.25) is 0 Å². The van der Waals surface area contributed by atoms with Crippen molar-refractivity contribution in [3.05, 3.63) is 17.0 Å². The molecule has 3 unspecified atom stereocenters. The summed E-state index contributed by atoms with van der Waals surface area (Å²) in [5.74, 6) is 1.68. The van der Waals surface area contributed by atoms with Gasteiger partial charge in [-0.3, -0.25) is 9.89 Å². The maximum atomic E-state index is 13.3. The number of fused-ring (bicyclic) bond motifs is 2. The number of aryl methyl sites for hydroxylation is 2. The van der Waals surface area contributed by atoms with E-state index in [2.05, 4.69) is 22.0 Å². The van der Waals surface area contributed by atoms with Crippen molar-refractivity contribution in [3.63, 3.8) is 0 Å². The number of aromatic amines is 1. The molecule has 1 amide bonds. The third-order valence-corrected chi connectivity index (χ3v) is 6.82. The first-order chi connectivity index (χ1) is 11.6. The van der Waals surface area contributed by atoms with Crippen molar-refractivity contribution in [2.45, 2.75) is 70.9 Å². The largest absolute Gasteiger partial charge is 0.335 e. The molecule has 5 heteroatoms. The summed E-state index contributed by atoms with van der Waals surface area (Å²) >= 11 is 0. The van der Waals surface area contributed by atoms with Gasteiger partial charge in [0, 0.05) is 29.8 Å². The lowest BCUT2D eigenvalue weighted by atomic mass is 9.65. The average Bonchev–Trinajstić information content (AvgIpc) is 3.13. The number of likely N-dealkylation sites (tertiary alicyclic amines) is 1. The van der Waals surface area contributed by atoms with Gasteiger partial charge in [-0.2, -0.15) is 5.10 Å². The zero-order valence-electron chi connectivity index (χ0n) is 14.9. The minimum Gasteiger partial charge on any atom is -0.335 e. The molecular weight excluding hydrogens is 300 g/mol. The topological polar surface area (TPSA) is 75.0 Å². The smallest absolute Gasteiger partial charge is 0.226 e. The number of nitrogens with zero attached hydrogens (tertiary/aromatic N) is 2. The van der Waals surface area contributed by atoms with E-state index in [1.165, 1.54) is 24.8 Å². The highest BCUT2D eigenvalue weighted by Crippen LogP contribution is 2.44. The van der Waals surface area contributed by atoms with Gasteiger partial charge in [0.05, 0.1) is 11.7 Å². The summed E-state index contributed by atoms with van der Waals surface area (Å²) < 4.78 is 0. The zero-order chi connectivity index (χ0) is 16.8. The molecule has 1 saturated heterocycles. The summed E-state index contributed by atoms with van der Waals surface area (Å²) in [6, 6.07) is 0.544. The number of H-pyrrole nitrogens is 1. The lowest BCUT2D eigenvalue weighted by molar-refractivity contribution is -0.139. The van der Waals surface area contributed by atoms with Gasteiger partial charge < -0.3 is 10.6 Å². The van der Waals surface area contributed by atoms with Crippen LogP contribution in [0.15, 0.2) is 0 Å². The zero-order valence-corrected chi connectivity index (χ0v) is 14.9. The number of hydrogen-bond acceptors (Lipinski definition) is 3. The van der Waals surface area contributed by atoms with Gasteiger partial charge in [0.2, 0.25) is 5.91 Å². The normalized spacial score (nSPS) is 36.1. The molecule has 5 nitrogen and oxygen atoms in total. The molecule has 0 aromatic carbocycles. The second kappa shape index (κ2) is 6.17. The van der Waals surface area contributed by atoms with Crippen LogP contribution in [0.4, 0.5) is 0 Å². The van der Waals surface area contributed by atoms with E-state index in [0.717, 1.165) is 43.6 Å². The molecule has 1 aliphatic heterocycles. The van der Waals surface area contributed by atoms with Crippen molar-refractivity contribution < 1.29 is 4.79 Å². The Labute approximate surface area is 144 Å². The summed E-state index contributed by atoms with van der Waals surface area (Å²) in [6.45, 7) is 5.01. The van der Waals surface area contributed by atoms with Crippen molar-refractivity contribution in [1.29, 1.82) is 0 Å². The molecule has 1 aromatic rings. The van der Waals surface area contributed by atoms with Gasteiger partial charge in [0.25, 0.3) is 0 Å². The fourth-order valence-corrected chi connectivity index (χ4v) is 5.61. The summed E-state index contributed by atoms with van der Waals surface area (Å²) in [6.07, 6.45) is 7.89. The van der Waals surface area contributed by atoms with E-state index in [1.54, 1.807) is 0 Å². The number of amides is 1. The van der Waals surface area contributed by atoms with E-state index in [-0.39, 0.29) is 12.0 Å². The van der Waals surface area contributed by atoms with Crippen LogP contribution in [0.5, 0.6) is 0 Å². The molecule has 2 bridgehead atoms. The fourth-order valence-electron chi connectivity index (χ4n) is 5.61. The minimum atomic E-state index is 0.188. The Morgan fingerprint density at radius 1 is 1.17 bits per heavy atom. The highest BCUT2D eigenvalue weighted by atomic mass is 16.2. The molecule has 132 valence electrons. The SMILES string of the molecule is Cc1n[nH]c(C)c1C1CCCN1C(=O)C1CC2CCCC(C1)C2N. The minimum absolute atomic E-state index is 0.188. The number of nitrogens with two attached hydrogens (primary N) is 1. The van der Waals surface area contributed by atoms with Crippen molar-refractivity contribution in [2.24, 2.45) is 23.5 Å². The van der Waals surface area contributed by atoms with Gasteiger partial charge in [0.15, 0.2) is 0 Å². The summed E-state index contributed by atoms with van der Waals surface area (Å²) in [7, 11) is 0. The Hall–Kier alpha value is -1.36. The molecule has 3 N–H and O–H groups in total. The first kappa shape index (κ1) is 16.1. The predicted molar refractivity (Wildman–Crippen MR) is 93.3 cm³/mol. The van der Waals surface area contributed by atoms with E-state index in [0.29, 0.717) is 23.8 Å². The highest BCUT2D eigenvalue weighted by molar-refractivity contribution is 5.80. The summed E-state index contributed by atoms with van der Waals surface area (Å²) in [5.41, 5.74) is 9.80. The molecular formula is C19H30N4O. The van der Waals surface area contributed by atoms with Gasteiger partial charge in [-0.15, -0.1) is 0 Å². The first-order valence-electron chi connectivity index (χ1n) is 9.63. The molecule has 2 saturated carbocycles. The van der Waals surface area contributed by atoms with E-state index in [4.69, 9.17) is 5.73 Å². The van der Waals surface area contributed by atoms with Crippen LogP contribution in [0.1, 0.15) is 67.9 Å². The highest BCUT2D eigenvalue weighted by Gasteiger charge is 2.43. The fraction of sp³-hybridized carbons (Fsp3) is 0.789. The Kier molecular flexibility index (Phi) is 4.15. The molecule has 2 aliphatic carbocycles. The van der Waals surface area contributed by atoms with Gasteiger partial charge in [0.1, 0.15) is 0 Å². The van der Waals surface area contributed by atoms with Crippen molar-refractivity contribution in [2.75, 3.05) is 6.54 Å². The number of nitrogens with one attached hydrogen (secondary N) is 1. The van der Waals surface area contributed by atoms with Crippen molar-refractivity contribution in [1.82, 2.24) is 15.1 Å². The monoisotopic (exact) mass is 330 g/mol. The number of rotatable bonds is 2. The van der Waals surface area contributed by atoms with Gasteiger partial charge in [-0.25, -0.2) is 0 Å². The van der Waals surface area contributed by atoms with E-state index < -0.39 is 0 Å². The summed E-state index contributed by atoms with van der Waals surface area (Å²) in [4.78, 5) is 15.5. The predicted octanol–water partition coefficient (Wildman–Crippen LogP) is 2.84. The Balaban J connectivity index is 1.53. The lowest BCUT2D eigenvalue weighted by Gasteiger charge is -2.44.